The number of phosphoric acid groups is 2. The summed E-state index contributed by atoms with van der Waals surface area (Å²) in [6.45, 7) is 12.0. The second kappa shape index (κ2) is 71.3. The second-order valence-corrected chi connectivity index (χ2v) is 33.3. The van der Waals surface area contributed by atoms with Gasteiger partial charge in [-0.2, -0.15) is 0 Å². The summed E-state index contributed by atoms with van der Waals surface area (Å²) >= 11 is 0. The molecule has 0 saturated carbocycles. The molecule has 3 unspecified atom stereocenters. The Labute approximate surface area is 613 Å². The van der Waals surface area contributed by atoms with Crippen molar-refractivity contribution in [2.24, 2.45) is 17.8 Å². The van der Waals surface area contributed by atoms with Crippen LogP contribution in [0, 0.1) is 17.8 Å². The summed E-state index contributed by atoms with van der Waals surface area (Å²) in [4.78, 5) is 73.0. The van der Waals surface area contributed by atoms with Crippen molar-refractivity contribution >= 4 is 39.5 Å². The Morgan fingerprint density at radius 1 is 0.290 bits per heavy atom. The number of hydrogen-bond acceptors (Lipinski definition) is 15. The van der Waals surface area contributed by atoms with Gasteiger partial charge in [0.05, 0.1) is 26.4 Å². The van der Waals surface area contributed by atoms with E-state index in [0.29, 0.717) is 25.7 Å². The Bertz CT molecular complexity index is 1940. The summed E-state index contributed by atoms with van der Waals surface area (Å²) in [5.74, 6) is 0.269. The van der Waals surface area contributed by atoms with Crippen LogP contribution in [-0.2, 0) is 65.4 Å². The van der Waals surface area contributed by atoms with E-state index in [0.717, 1.165) is 108 Å². The number of ether oxygens (including phenoxy) is 4. The third-order valence-corrected chi connectivity index (χ3v) is 21.1. The zero-order valence-corrected chi connectivity index (χ0v) is 67.5. The van der Waals surface area contributed by atoms with Crippen molar-refractivity contribution in [3.63, 3.8) is 0 Å². The molecule has 3 N–H and O–H groups in total. The summed E-state index contributed by atoms with van der Waals surface area (Å²) in [7, 11) is -9.92. The Kier molecular flexibility index (Phi) is 69.9. The summed E-state index contributed by atoms with van der Waals surface area (Å²) in [5, 5.41) is 10.6. The van der Waals surface area contributed by atoms with Crippen molar-refractivity contribution in [1.82, 2.24) is 0 Å². The lowest BCUT2D eigenvalue weighted by Gasteiger charge is -2.21. The largest absolute Gasteiger partial charge is 0.472 e. The predicted octanol–water partition coefficient (Wildman–Crippen LogP) is 24.1. The monoisotopic (exact) mass is 1470 g/mol. The van der Waals surface area contributed by atoms with Gasteiger partial charge in [0.2, 0.25) is 0 Å². The number of unbranched alkanes of at least 4 members (excludes halogenated alkanes) is 46. The molecule has 19 heteroatoms. The van der Waals surface area contributed by atoms with E-state index in [1.807, 2.05) is 0 Å². The lowest BCUT2D eigenvalue weighted by atomic mass is 9.99. The van der Waals surface area contributed by atoms with Crippen LogP contribution in [0.4, 0.5) is 0 Å². The molecule has 0 aromatic carbocycles. The number of carbonyl (C=O) groups excluding carboxylic acids is 4. The molecule has 0 aromatic rings. The summed E-state index contributed by atoms with van der Waals surface area (Å²) in [6.07, 6.45) is 59.6. The van der Waals surface area contributed by atoms with E-state index < -0.39 is 97.5 Å². The molecule has 0 rings (SSSR count). The van der Waals surface area contributed by atoms with E-state index in [1.54, 1.807) is 0 Å². The number of esters is 4. The average molecular weight is 1470 g/mol. The van der Waals surface area contributed by atoms with E-state index in [2.05, 4.69) is 48.5 Å². The Balaban J connectivity index is 5.23. The number of aliphatic hydroxyl groups excluding tert-OH is 1. The van der Waals surface area contributed by atoms with Crippen molar-refractivity contribution in [3.8, 4) is 0 Å². The van der Waals surface area contributed by atoms with Crippen LogP contribution in [0.1, 0.15) is 421 Å². The Morgan fingerprint density at radius 2 is 0.510 bits per heavy atom. The molecule has 100 heavy (non-hydrogen) atoms. The first-order chi connectivity index (χ1) is 48.3. The van der Waals surface area contributed by atoms with Crippen LogP contribution in [0.25, 0.3) is 0 Å². The number of aliphatic hydroxyl groups is 1. The molecule has 6 atom stereocenters. The van der Waals surface area contributed by atoms with Crippen LogP contribution in [0.5, 0.6) is 0 Å². The van der Waals surface area contributed by atoms with Crippen LogP contribution in [0.2, 0.25) is 0 Å². The van der Waals surface area contributed by atoms with Gasteiger partial charge in [-0.15, -0.1) is 0 Å². The first-order valence-electron chi connectivity index (χ1n) is 41.9. The fourth-order valence-electron chi connectivity index (χ4n) is 12.5. The maximum atomic E-state index is 13.1. The lowest BCUT2D eigenvalue weighted by molar-refractivity contribution is -0.161. The molecule has 0 heterocycles. The molecular formula is C81H158O17P2. The average Bonchev–Trinajstić information content (AvgIpc) is 0.915. The quantitative estimate of drug-likeness (QED) is 0.0222. The van der Waals surface area contributed by atoms with E-state index >= 15 is 0 Å². The Hall–Kier alpha value is -1.94. The van der Waals surface area contributed by atoms with Gasteiger partial charge in [0.25, 0.3) is 0 Å². The fraction of sp³-hybridized carbons (Fsp3) is 0.951. The Morgan fingerprint density at radius 3 is 0.760 bits per heavy atom. The van der Waals surface area contributed by atoms with Crippen LogP contribution < -0.4 is 0 Å². The first kappa shape index (κ1) is 98.1. The van der Waals surface area contributed by atoms with Crippen molar-refractivity contribution in [2.45, 2.75) is 439 Å². The summed E-state index contributed by atoms with van der Waals surface area (Å²) in [5.41, 5.74) is 0. The molecule has 0 amide bonds. The fourth-order valence-corrected chi connectivity index (χ4v) is 14.0. The van der Waals surface area contributed by atoms with Crippen LogP contribution in [-0.4, -0.2) is 96.7 Å². The highest BCUT2D eigenvalue weighted by Gasteiger charge is 2.30. The van der Waals surface area contributed by atoms with Gasteiger partial charge in [-0.1, -0.05) is 370 Å². The van der Waals surface area contributed by atoms with Crippen molar-refractivity contribution < 1.29 is 80.2 Å². The molecule has 17 nitrogen and oxygen atoms in total. The molecule has 0 aromatic heterocycles. The van der Waals surface area contributed by atoms with Crippen molar-refractivity contribution in [2.75, 3.05) is 39.6 Å². The summed E-state index contributed by atoms with van der Waals surface area (Å²) in [6, 6.07) is 0. The van der Waals surface area contributed by atoms with Gasteiger partial charge in [-0.3, -0.25) is 37.3 Å². The second-order valence-electron chi connectivity index (χ2n) is 30.4. The van der Waals surface area contributed by atoms with Gasteiger partial charge in [-0.05, 0) is 43.4 Å². The maximum absolute atomic E-state index is 13.1. The third-order valence-electron chi connectivity index (χ3n) is 19.2. The molecule has 0 bridgehead atoms. The highest BCUT2D eigenvalue weighted by atomic mass is 31.2. The molecule has 0 aliphatic heterocycles. The zero-order chi connectivity index (χ0) is 73.7. The first-order valence-corrected chi connectivity index (χ1v) is 44.9. The van der Waals surface area contributed by atoms with E-state index in [1.165, 1.54) is 231 Å². The number of carbonyl (C=O) groups is 4. The number of phosphoric ester groups is 2. The molecule has 0 radical (unpaired) electrons. The van der Waals surface area contributed by atoms with Crippen LogP contribution in [0.3, 0.4) is 0 Å². The highest BCUT2D eigenvalue weighted by molar-refractivity contribution is 7.47. The van der Waals surface area contributed by atoms with Gasteiger partial charge < -0.3 is 33.8 Å². The van der Waals surface area contributed by atoms with Crippen LogP contribution in [0.15, 0.2) is 0 Å². The maximum Gasteiger partial charge on any atom is 0.472 e. The minimum Gasteiger partial charge on any atom is -0.462 e. The van der Waals surface area contributed by atoms with Gasteiger partial charge in [0.1, 0.15) is 19.3 Å². The third kappa shape index (κ3) is 73.0. The van der Waals surface area contributed by atoms with E-state index in [-0.39, 0.29) is 25.7 Å². The van der Waals surface area contributed by atoms with Crippen molar-refractivity contribution in [1.29, 1.82) is 0 Å². The van der Waals surface area contributed by atoms with E-state index in [9.17, 15) is 43.2 Å². The van der Waals surface area contributed by atoms with Crippen molar-refractivity contribution in [3.05, 3.63) is 0 Å². The molecule has 0 fully saturated rings. The molecule has 594 valence electrons. The molecule has 0 aliphatic rings. The highest BCUT2D eigenvalue weighted by Crippen LogP contribution is 2.45. The van der Waals surface area contributed by atoms with Gasteiger partial charge in [0, 0.05) is 25.7 Å². The van der Waals surface area contributed by atoms with E-state index in [4.69, 9.17) is 37.0 Å². The smallest absolute Gasteiger partial charge is 0.462 e. The number of hydrogen-bond donors (Lipinski definition) is 3. The molecular weight excluding hydrogens is 1310 g/mol. The number of rotatable bonds is 79. The van der Waals surface area contributed by atoms with Gasteiger partial charge in [0.15, 0.2) is 12.2 Å². The standard InChI is InChI=1S/C81H158O17P2/c1-8-10-11-12-13-14-26-33-41-48-55-62-78(83)91-69-77(98-81(86)65-58-51-44-37-36-40-47-54-61-74(7)9-2)71-96-100(89,90)94-67-75(82)66-93-99(87,88)95-70-76(68-92-79(84)63-56-49-42-34-29-25-21-23-28-32-39-46-53-60-73(5)6)97-80(85)64-57-50-43-35-30-24-20-18-16-15-17-19-22-27-31-38-45-52-59-72(3)4/h72-77,82H,8-71H2,1-7H3,(H,87,88)(H,89,90)/t74?,75-,76-,77-/m1/s1. The molecule has 0 aliphatic carbocycles. The zero-order valence-electron chi connectivity index (χ0n) is 65.7. The van der Waals surface area contributed by atoms with Gasteiger partial charge in [-0.25, -0.2) is 9.13 Å². The normalized spacial score (nSPS) is 14.2. The SMILES string of the molecule is CCCCCCCCCCCCCC(=O)OC[C@H](COP(=O)(O)OC[C@H](O)COP(=O)(O)OC[C@@H](COC(=O)CCCCCCCCCCCCCCCC(C)C)OC(=O)CCCCCCCCCCCCCCCCCCCCC(C)C)OC(=O)CCCCCCCCCCC(C)CC. The molecule has 0 spiro atoms. The minimum atomic E-state index is -4.96. The minimum absolute atomic E-state index is 0.105. The lowest BCUT2D eigenvalue weighted by Crippen LogP contribution is -2.30. The predicted molar refractivity (Wildman–Crippen MR) is 409 cm³/mol. The van der Waals surface area contributed by atoms with Gasteiger partial charge >= 0.3 is 39.5 Å². The summed E-state index contributed by atoms with van der Waals surface area (Å²) < 4.78 is 68.7. The topological polar surface area (TPSA) is 237 Å². The molecule has 0 saturated heterocycles. The van der Waals surface area contributed by atoms with Crippen LogP contribution >= 0.6 is 15.6 Å².